The van der Waals surface area contributed by atoms with Crippen LogP contribution in [0.2, 0.25) is 0 Å². The Morgan fingerprint density at radius 3 is 2.55 bits per heavy atom. The van der Waals surface area contributed by atoms with Gasteiger partial charge in [-0.3, -0.25) is 4.79 Å². The molecule has 0 radical (unpaired) electrons. The number of amides is 1. The molecule has 2 saturated heterocycles. The summed E-state index contributed by atoms with van der Waals surface area (Å²) in [5.41, 5.74) is 2.01. The highest BCUT2D eigenvalue weighted by molar-refractivity contribution is 5.97. The highest BCUT2D eigenvalue weighted by atomic mass is 16.5. The molecule has 4 aromatic rings. The van der Waals surface area contributed by atoms with Gasteiger partial charge in [0.05, 0.1) is 18.6 Å². The maximum absolute atomic E-state index is 12.8. The molecule has 7 nitrogen and oxygen atoms in total. The topological polar surface area (TPSA) is 75.4 Å². The van der Waals surface area contributed by atoms with Gasteiger partial charge in [0.25, 0.3) is 5.91 Å². The number of rotatable bonds is 7. The third kappa shape index (κ3) is 5.41. The number of aliphatic hydroxyl groups is 1. The first-order chi connectivity index (χ1) is 18.6. The van der Waals surface area contributed by atoms with Crippen LogP contribution in [0.4, 0.5) is 0 Å². The van der Waals surface area contributed by atoms with Crippen molar-refractivity contribution in [2.75, 3.05) is 52.5 Å². The van der Waals surface area contributed by atoms with Gasteiger partial charge in [-0.2, -0.15) is 0 Å². The first-order valence-electron chi connectivity index (χ1n) is 13.6. The fourth-order valence-electron chi connectivity index (χ4n) is 5.64. The van der Waals surface area contributed by atoms with Gasteiger partial charge in [-0.15, -0.1) is 0 Å². The molecule has 7 heteroatoms. The minimum absolute atomic E-state index is 0.137. The Balaban J connectivity index is 1.02. The van der Waals surface area contributed by atoms with E-state index in [0.29, 0.717) is 55.9 Å². The molecule has 38 heavy (non-hydrogen) atoms. The van der Waals surface area contributed by atoms with Crippen LogP contribution in [0.3, 0.4) is 0 Å². The SMILES string of the molecule is O=C(c1cc2c(OC[C@@H](O)CN3CCC(c4ccc5ccccc5c4)CC3)cccc2o1)N1CCOCC1. The molecule has 198 valence electrons. The number of benzene rings is 3. The third-order valence-electron chi connectivity index (χ3n) is 7.76. The van der Waals surface area contributed by atoms with Gasteiger partial charge in [0.15, 0.2) is 5.76 Å². The second-order valence-electron chi connectivity index (χ2n) is 10.3. The van der Waals surface area contributed by atoms with Crippen LogP contribution in [0.25, 0.3) is 21.7 Å². The van der Waals surface area contributed by atoms with E-state index >= 15 is 0 Å². The van der Waals surface area contributed by atoms with E-state index in [4.69, 9.17) is 13.9 Å². The van der Waals surface area contributed by atoms with Crippen LogP contribution in [-0.4, -0.2) is 79.5 Å². The Morgan fingerprint density at radius 2 is 1.74 bits per heavy atom. The second kappa shape index (κ2) is 11.2. The van der Waals surface area contributed by atoms with Gasteiger partial charge < -0.3 is 28.8 Å². The van der Waals surface area contributed by atoms with Crippen molar-refractivity contribution in [1.29, 1.82) is 0 Å². The molecule has 0 unspecified atom stereocenters. The monoisotopic (exact) mass is 514 g/mol. The molecular weight excluding hydrogens is 480 g/mol. The normalized spacial score (nSPS) is 18.2. The maximum Gasteiger partial charge on any atom is 0.289 e. The van der Waals surface area contributed by atoms with Gasteiger partial charge in [0, 0.05) is 25.7 Å². The number of hydrogen-bond acceptors (Lipinski definition) is 6. The molecule has 3 aromatic carbocycles. The smallest absolute Gasteiger partial charge is 0.289 e. The largest absolute Gasteiger partial charge is 0.490 e. The number of piperidine rings is 1. The number of ether oxygens (including phenoxy) is 2. The zero-order valence-electron chi connectivity index (χ0n) is 21.6. The fourth-order valence-corrected chi connectivity index (χ4v) is 5.64. The lowest BCUT2D eigenvalue weighted by atomic mass is 9.88. The molecule has 0 saturated carbocycles. The molecule has 2 aliphatic heterocycles. The van der Waals surface area contributed by atoms with Crippen molar-refractivity contribution in [2.24, 2.45) is 0 Å². The predicted octanol–water partition coefficient (Wildman–Crippen LogP) is 4.68. The standard InChI is InChI=1S/C31H34N2O5/c34-26(20-32-12-10-23(11-13-32)25-9-8-22-4-1-2-5-24(22)18-25)21-37-28-6-3-7-29-27(28)19-30(38-29)31(35)33-14-16-36-17-15-33/h1-9,18-19,23,26,34H,10-17,20-21H2/t26-/m0/s1. The zero-order valence-corrected chi connectivity index (χ0v) is 21.6. The highest BCUT2D eigenvalue weighted by Crippen LogP contribution is 2.31. The zero-order chi connectivity index (χ0) is 25.9. The number of furan rings is 1. The lowest BCUT2D eigenvalue weighted by molar-refractivity contribution is 0.0284. The quantitative estimate of drug-likeness (QED) is 0.386. The summed E-state index contributed by atoms with van der Waals surface area (Å²) in [7, 11) is 0. The molecule has 1 amide bonds. The molecule has 0 bridgehead atoms. The second-order valence-corrected chi connectivity index (χ2v) is 10.3. The van der Waals surface area contributed by atoms with Gasteiger partial charge in [0.1, 0.15) is 24.0 Å². The lowest BCUT2D eigenvalue weighted by Crippen LogP contribution is -2.40. The first kappa shape index (κ1) is 24.9. The summed E-state index contributed by atoms with van der Waals surface area (Å²) < 4.78 is 17.2. The van der Waals surface area contributed by atoms with Crippen LogP contribution in [0.15, 0.2) is 71.1 Å². The van der Waals surface area contributed by atoms with E-state index in [0.717, 1.165) is 31.3 Å². The molecule has 0 aliphatic carbocycles. The average molecular weight is 515 g/mol. The van der Waals surface area contributed by atoms with E-state index in [2.05, 4.69) is 47.4 Å². The summed E-state index contributed by atoms with van der Waals surface area (Å²) in [6.07, 6.45) is 1.56. The molecular formula is C31H34N2O5. The van der Waals surface area contributed by atoms with Crippen LogP contribution >= 0.6 is 0 Å². The number of fused-ring (bicyclic) bond motifs is 2. The molecule has 0 spiro atoms. The van der Waals surface area contributed by atoms with Crippen LogP contribution < -0.4 is 4.74 Å². The summed E-state index contributed by atoms with van der Waals surface area (Å²) in [6, 6.07) is 22.6. The number of β-amino-alcohol motifs (C(OH)–C–C–N with tert-alkyl or cyclic N) is 1. The summed E-state index contributed by atoms with van der Waals surface area (Å²) >= 11 is 0. The maximum atomic E-state index is 12.8. The molecule has 1 aromatic heterocycles. The number of hydrogen-bond donors (Lipinski definition) is 1. The van der Waals surface area contributed by atoms with Crippen molar-refractivity contribution in [1.82, 2.24) is 9.80 Å². The molecule has 1 N–H and O–H groups in total. The Kier molecular flexibility index (Phi) is 7.31. The summed E-state index contributed by atoms with van der Waals surface area (Å²) in [5.74, 6) is 1.33. The molecule has 6 rings (SSSR count). The summed E-state index contributed by atoms with van der Waals surface area (Å²) in [5, 5.41) is 14.1. The minimum atomic E-state index is -0.608. The number of carbonyl (C=O) groups excluding carboxylic acids is 1. The van der Waals surface area contributed by atoms with E-state index in [1.54, 1.807) is 11.0 Å². The Hall–Kier alpha value is -3.39. The Morgan fingerprint density at radius 1 is 0.947 bits per heavy atom. The number of carbonyl (C=O) groups is 1. The third-order valence-corrected chi connectivity index (χ3v) is 7.76. The lowest BCUT2D eigenvalue weighted by Gasteiger charge is -2.33. The van der Waals surface area contributed by atoms with Crippen LogP contribution in [0.5, 0.6) is 5.75 Å². The van der Waals surface area contributed by atoms with Crippen molar-refractivity contribution < 1.29 is 23.8 Å². The average Bonchev–Trinajstić information content (AvgIpc) is 3.41. The van der Waals surface area contributed by atoms with E-state index in [1.165, 1.54) is 16.3 Å². The van der Waals surface area contributed by atoms with Gasteiger partial charge in [-0.1, -0.05) is 48.5 Å². The number of aliphatic hydroxyl groups excluding tert-OH is 1. The van der Waals surface area contributed by atoms with Gasteiger partial charge in [0.2, 0.25) is 0 Å². The van der Waals surface area contributed by atoms with Gasteiger partial charge >= 0.3 is 0 Å². The van der Waals surface area contributed by atoms with Crippen molar-refractivity contribution >= 4 is 27.6 Å². The van der Waals surface area contributed by atoms with Gasteiger partial charge in [-0.05, 0) is 60.3 Å². The molecule has 1 atom stereocenters. The molecule has 2 aliphatic rings. The van der Waals surface area contributed by atoms with Crippen molar-refractivity contribution in [3.05, 3.63) is 78.1 Å². The first-order valence-corrected chi connectivity index (χ1v) is 13.6. The van der Waals surface area contributed by atoms with Gasteiger partial charge in [-0.25, -0.2) is 0 Å². The van der Waals surface area contributed by atoms with Crippen molar-refractivity contribution in [3.63, 3.8) is 0 Å². The molecule has 3 heterocycles. The summed E-state index contributed by atoms with van der Waals surface area (Å²) in [6.45, 7) is 4.88. The minimum Gasteiger partial charge on any atom is -0.490 e. The van der Waals surface area contributed by atoms with E-state index in [1.807, 2.05) is 18.2 Å². The van der Waals surface area contributed by atoms with Crippen molar-refractivity contribution in [2.45, 2.75) is 24.9 Å². The highest BCUT2D eigenvalue weighted by Gasteiger charge is 2.24. The molecule has 2 fully saturated rings. The van der Waals surface area contributed by atoms with E-state index in [9.17, 15) is 9.90 Å². The van der Waals surface area contributed by atoms with E-state index in [-0.39, 0.29) is 12.5 Å². The van der Waals surface area contributed by atoms with Crippen LogP contribution in [0, 0.1) is 0 Å². The number of likely N-dealkylation sites (tertiary alicyclic amines) is 1. The Labute approximate surface area is 222 Å². The van der Waals surface area contributed by atoms with Crippen LogP contribution in [0.1, 0.15) is 34.9 Å². The van der Waals surface area contributed by atoms with Crippen molar-refractivity contribution in [3.8, 4) is 5.75 Å². The van der Waals surface area contributed by atoms with E-state index < -0.39 is 6.10 Å². The summed E-state index contributed by atoms with van der Waals surface area (Å²) in [4.78, 5) is 16.9. The number of nitrogens with zero attached hydrogens (tertiary/aromatic N) is 2. The van der Waals surface area contributed by atoms with Crippen LogP contribution in [-0.2, 0) is 4.74 Å². The Bertz CT molecular complexity index is 1400. The predicted molar refractivity (Wildman–Crippen MR) is 147 cm³/mol. The fraction of sp³-hybridized carbons (Fsp3) is 0.387. The number of morpholine rings is 1.